The molecule has 1 aliphatic heterocycles. The minimum Gasteiger partial charge on any atom is -0.211 e. The van der Waals surface area contributed by atoms with Crippen LogP contribution in [0.25, 0.3) is 0 Å². The number of benzene rings is 3. The van der Waals surface area contributed by atoms with Crippen molar-refractivity contribution in [1.29, 1.82) is 0 Å². The average molecular weight is 470 g/mol. The van der Waals surface area contributed by atoms with Crippen LogP contribution in [-0.4, -0.2) is 15.0 Å². The zero-order valence-corrected chi connectivity index (χ0v) is 20.0. The highest BCUT2D eigenvalue weighted by Gasteiger charge is 2.24. The summed E-state index contributed by atoms with van der Waals surface area (Å²) in [7, 11) is -3.66. The monoisotopic (exact) mass is 469 g/mol. The van der Waals surface area contributed by atoms with E-state index in [1.54, 1.807) is 12.1 Å². The van der Waals surface area contributed by atoms with Gasteiger partial charge in [-0.25, -0.2) is 17.5 Å². The fourth-order valence-electron chi connectivity index (χ4n) is 4.04. The number of sulfonamides is 1. The summed E-state index contributed by atoms with van der Waals surface area (Å²) in [6, 6.07) is 18.7. The van der Waals surface area contributed by atoms with Gasteiger partial charge in [-0.15, -0.1) is 0 Å². The Bertz CT molecular complexity index is 1210. The van der Waals surface area contributed by atoms with Gasteiger partial charge in [0.1, 0.15) is 5.82 Å². The van der Waals surface area contributed by atoms with Crippen molar-refractivity contribution in [1.82, 2.24) is 4.72 Å². The van der Waals surface area contributed by atoms with Crippen molar-refractivity contribution in [2.45, 2.75) is 60.1 Å². The van der Waals surface area contributed by atoms with Gasteiger partial charge in [0.05, 0.1) is 4.90 Å². The Morgan fingerprint density at radius 2 is 1.69 bits per heavy atom. The van der Waals surface area contributed by atoms with Crippen LogP contribution >= 0.6 is 11.8 Å². The van der Waals surface area contributed by atoms with Crippen LogP contribution < -0.4 is 4.72 Å². The molecule has 0 atom stereocenters. The van der Waals surface area contributed by atoms with Crippen LogP contribution in [0.2, 0.25) is 0 Å². The smallest absolute Gasteiger partial charge is 0.211 e. The van der Waals surface area contributed by atoms with E-state index in [4.69, 9.17) is 0 Å². The number of halogens is 1. The maximum absolute atomic E-state index is 13.8. The topological polar surface area (TPSA) is 46.2 Å². The van der Waals surface area contributed by atoms with E-state index in [1.165, 1.54) is 23.4 Å². The molecule has 6 heteroatoms. The van der Waals surface area contributed by atoms with Crippen LogP contribution in [0.3, 0.4) is 0 Å². The first-order chi connectivity index (χ1) is 15.3. The van der Waals surface area contributed by atoms with Crippen molar-refractivity contribution in [3.63, 3.8) is 0 Å². The van der Waals surface area contributed by atoms with E-state index in [-0.39, 0.29) is 11.7 Å². The number of aryl methyl sites for hydroxylation is 3. The van der Waals surface area contributed by atoms with Crippen LogP contribution in [0, 0.1) is 5.82 Å². The molecule has 0 spiro atoms. The first-order valence-electron chi connectivity index (χ1n) is 11.0. The minimum atomic E-state index is -3.66. The van der Waals surface area contributed by atoms with E-state index in [0.29, 0.717) is 11.4 Å². The van der Waals surface area contributed by atoms with E-state index < -0.39 is 10.0 Å². The highest BCUT2D eigenvalue weighted by atomic mass is 32.2. The lowest BCUT2D eigenvalue weighted by molar-refractivity contribution is 0.576. The Hall–Kier alpha value is -2.15. The number of rotatable bonds is 7. The molecule has 0 fully saturated rings. The largest absolute Gasteiger partial charge is 0.240 e. The zero-order chi connectivity index (χ0) is 22.7. The van der Waals surface area contributed by atoms with Crippen LogP contribution in [0.15, 0.2) is 75.4 Å². The van der Waals surface area contributed by atoms with Gasteiger partial charge in [0, 0.05) is 16.3 Å². The molecule has 1 heterocycles. The number of fused-ring (bicyclic) bond motifs is 2. The molecule has 3 aromatic rings. The van der Waals surface area contributed by atoms with E-state index in [1.807, 2.05) is 44.2 Å². The molecule has 0 aromatic heterocycles. The third-order valence-corrected chi connectivity index (χ3v) is 8.51. The summed E-state index contributed by atoms with van der Waals surface area (Å²) >= 11 is 1.46. The maximum Gasteiger partial charge on any atom is 0.240 e. The van der Waals surface area contributed by atoms with Gasteiger partial charge in [0.15, 0.2) is 0 Å². The van der Waals surface area contributed by atoms with E-state index in [0.717, 1.165) is 52.2 Å². The Kier molecular flexibility index (Phi) is 7.03. The first kappa shape index (κ1) is 23.0. The quantitative estimate of drug-likeness (QED) is 0.425. The minimum absolute atomic E-state index is 0.0734. The molecule has 0 bridgehead atoms. The second kappa shape index (κ2) is 9.77. The molecule has 3 aromatic carbocycles. The summed E-state index contributed by atoms with van der Waals surface area (Å²) in [5.41, 5.74) is 4.25. The van der Waals surface area contributed by atoms with Crippen molar-refractivity contribution < 1.29 is 12.8 Å². The van der Waals surface area contributed by atoms with Crippen molar-refractivity contribution in [2.24, 2.45) is 0 Å². The Labute approximate surface area is 194 Å². The van der Waals surface area contributed by atoms with E-state index in [2.05, 4.69) is 16.9 Å². The summed E-state index contributed by atoms with van der Waals surface area (Å²) in [5, 5.41) is 0. The summed E-state index contributed by atoms with van der Waals surface area (Å²) < 4.78 is 43.1. The molecular formula is C26H28FNO2S2. The number of hydrogen-bond donors (Lipinski definition) is 1. The molecule has 32 heavy (non-hydrogen) atoms. The third kappa shape index (κ3) is 5.25. The van der Waals surface area contributed by atoms with Gasteiger partial charge in [0.2, 0.25) is 10.0 Å². The molecule has 0 saturated carbocycles. The first-order valence-corrected chi connectivity index (χ1v) is 13.3. The summed E-state index contributed by atoms with van der Waals surface area (Å²) in [6.45, 7) is 4.42. The molecule has 4 rings (SSSR count). The van der Waals surface area contributed by atoms with Crippen LogP contribution in [0.4, 0.5) is 4.39 Å². The summed E-state index contributed by atoms with van der Waals surface area (Å²) in [4.78, 5) is 2.09. The molecular weight excluding hydrogens is 441 g/mol. The van der Waals surface area contributed by atoms with Gasteiger partial charge < -0.3 is 0 Å². The highest BCUT2D eigenvalue weighted by Crippen LogP contribution is 2.40. The Morgan fingerprint density at radius 1 is 0.969 bits per heavy atom. The van der Waals surface area contributed by atoms with Crippen LogP contribution in [-0.2, 0) is 29.3 Å². The standard InChI is InChI=1S/C26H28FNO2S2/c1-18(2)23-15-21-11-10-20-12-13-22(27)16-24(20)31-25(21)17-26(23)32(29,30)28-14-6-9-19-7-4-3-5-8-19/h3-5,7-8,12-13,15-18,28H,6,9-11,14H2,1-2H3. The molecule has 0 unspecified atom stereocenters. The zero-order valence-electron chi connectivity index (χ0n) is 18.4. The van der Waals surface area contributed by atoms with Gasteiger partial charge in [-0.1, -0.05) is 68.1 Å². The van der Waals surface area contributed by atoms with Gasteiger partial charge in [-0.05, 0) is 72.1 Å². The molecule has 168 valence electrons. The molecule has 0 amide bonds. The second-order valence-corrected chi connectivity index (χ2v) is 11.3. The molecule has 1 aliphatic rings. The Balaban J connectivity index is 1.58. The lowest BCUT2D eigenvalue weighted by Crippen LogP contribution is -2.26. The van der Waals surface area contributed by atoms with Crippen molar-refractivity contribution in [3.8, 4) is 0 Å². The summed E-state index contributed by atoms with van der Waals surface area (Å²) in [5.74, 6) is -0.198. The van der Waals surface area contributed by atoms with Crippen molar-refractivity contribution in [3.05, 3.63) is 88.7 Å². The predicted molar refractivity (Wildman–Crippen MR) is 128 cm³/mol. The van der Waals surface area contributed by atoms with Gasteiger partial charge in [0.25, 0.3) is 0 Å². The maximum atomic E-state index is 13.8. The third-order valence-electron chi connectivity index (χ3n) is 5.79. The van der Waals surface area contributed by atoms with E-state index >= 15 is 0 Å². The molecule has 1 N–H and O–H groups in total. The SMILES string of the molecule is CC(C)c1cc2c(cc1S(=O)(=O)NCCCc1ccccc1)Sc1cc(F)ccc1CC2. The molecule has 0 radical (unpaired) electrons. The normalized spacial score (nSPS) is 13.5. The number of hydrogen-bond acceptors (Lipinski definition) is 3. The van der Waals surface area contributed by atoms with Crippen LogP contribution in [0.1, 0.15) is 48.4 Å². The van der Waals surface area contributed by atoms with E-state index in [9.17, 15) is 12.8 Å². The lowest BCUT2D eigenvalue weighted by atomic mass is 9.97. The van der Waals surface area contributed by atoms with Crippen molar-refractivity contribution in [2.75, 3.05) is 6.54 Å². The molecule has 0 saturated heterocycles. The second-order valence-electron chi connectivity index (χ2n) is 8.49. The number of nitrogens with one attached hydrogen (secondary N) is 1. The average Bonchev–Trinajstić information content (AvgIpc) is 2.94. The lowest BCUT2D eigenvalue weighted by Gasteiger charge is -2.18. The van der Waals surface area contributed by atoms with Gasteiger partial charge in [-0.3, -0.25) is 0 Å². The summed E-state index contributed by atoms with van der Waals surface area (Å²) in [6.07, 6.45) is 3.18. The van der Waals surface area contributed by atoms with Crippen LogP contribution in [0.5, 0.6) is 0 Å². The molecule has 0 aliphatic carbocycles. The fourth-order valence-corrected chi connectivity index (χ4v) is 6.74. The predicted octanol–water partition coefficient (Wildman–Crippen LogP) is 6.11. The van der Waals surface area contributed by atoms with Crippen molar-refractivity contribution >= 4 is 21.8 Å². The fraction of sp³-hybridized carbons (Fsp3) is 0.308. The van der Waals surface area contributed by atoms with Gasteiger partial charge in [-0.2, -0.15) is 0 Å². The Morgan fingerprint density at radius 3 is 2.44 bits per heavy atom. The highest BCUT2D eigenvalue weighted by molar-refractivity contribution is 7.99. The van der Waals surface area contributed by atoms with Gasteiger partial charge >= 0.3 is 0 Å². The molecule has 3 nitrogen and oxygen atoms in total.